The molecule has 0 aliphatic heterocycles. The van der Waals surface area contributed by atoms with Crippen molar-refractivity contribution in [3.05, 3.63) is 23.9 Å². The monoisotopic (exact) mass is 209 g/mol. The standard InChI is InChI=1S/C12H21N.C2H6/c1-5-7-9-11(3)10-13-12(4)8-6-2;1-2/h5,7,10H,6,8-9H2,1-4H3;1-2H3/b7-5-,11-10-,13-12?;. The van der Waals surface area contributed by atoms with Crippen LogP contribution in [-0.4, -0.2) is 5.71 Å². The lowest BCUT2D eigenvalue weighted by molar-refractivity contribution is 0.986. The summed E-state index contributed by atoms with van der Waals surface area (Å²) in [7, 11) is 0. The molecule has 0 N–H and O–H groups in total. The summed E-state index contributed by atoms with van der Waals surface area (Å²) in [5.41, 5.74) is 2.54. The molecule has 0 heterocycles. The summed E-state index contributed by atoms with van der Waals surface area (Å²) in [4.78, 5) is 4.39. The van der Waals surface area contributed by atoms with E-state index in [9.17, 15) is 0 Å². The fourth-order valence-corrected chi connectivity index (χ4v) is 1.00. The third kappa shape index (κ3) is 13.2. The van der Waals surface area contributed by atoms with Crippen LogP contribution in [0.1, 0.15) is 60.8 Å². The third-order valence-corrected chi connectivity index (χ3v) is 1.79. The van der Waals surface area contributed by atoms with Gasteiger partial charge in [0, 0.05) is 11.9 Å². The topological polar surface area (TPSA) is 12.4 Å². The van der Waals surface area contributed by atoms with E-state index < -0.39 is 0 Å². The lowest BCUT2D eigenvalue weighted by atomic mass is 10.2. The molecule has 0 saturated heterocycles. The molecule has 15 heavy (non-hydrogen) atoms. The molecule has 0 radical (unpaired) electrons. The maximum atomic E-state index is 4.39. The fraction of sp³-hybridized carbons (Fsp3) is 0.643. The van der Waals surface area contributed by atoms with Gasteiger partial charge in [-0.15, -0.1) is 0 Å². The molecule has 0 aliphatic rings. The molecular formula is C14H27N. The van der Waals surface area contributed by atoms with Gasteiger partial charge in [0.1, 0.15) is 0 Å². The summed E-state index contributed by atoms with van der Waals surface area (Å²) in [6.45, 7) is 12.4. The Morgan fingerprint density at radius 3 is 2.27 bits per heavy atom. The summed E-state index contributed by atoms with van der Waals surface area (Å²) in [5, 5.41) is 0. The van der Waals surface area contributed by atoms with Gasteiger partial charge < -0.3 is 0 Å². The molecule has 0 aromatic rings. The van der Waals surface area contributed by atoms with Crippen molar-refractivity contribution in [2.45, 2.75) is 60.8 Å². The van der Waals surface area contributed by atoms with E-state index >= 15 is 0 Å². The number of hydrogen-bond acceptors (Lipinski definition) is 1. The molecule has 0 unspecified atom stereocenters. The highest BCUT2D eigenvalue weighted by Gasteiger charge is 1.87. The van der Waals surface area contributed by atoms with Gasteiger partial charge in [0.25, 0.3) is 0 Å². The average molecular weight is 209 g/mol. The Morgan fingerprint density at radius 2 is 1.80 bits per heavy atom. The molecule has 0 spiro atoms. The van der Waals surface area contributed by atoms with Crippen molar-refractivity contribution in [1.82, 2.24) is 0 Å². The van der Waals surface area contributed by atoms with Gasteiger partial charge in [-0.1, -0.05) is 44.9 Å². The van der Waals surface area contributed by atoms with Crippen LogP contribution in [0, 0.1) is 0 Å². The maximum absolute atomic E-state index is 4.39. The highest BCUT2D eigenvalue weighted by Crippen LogP contribution is 2.02. The van der Waals surface area contributed by atoms with E-state index in [0.717, 1.165) is 12.8 Å². The molecule has 0 atom stereocenters. The van der Waals surface area contributed by atoms with Gasteiger partial charge in [-0.3, -0.25) is 4.99 Å². The second-order valence-corrected chi connectivity index (χ2v) is 3.36. The summed E-state index contributed by atoms with van der Waals surface area (Å²) in [6, 6.07) is 0. The van der Waals surface area contributed by atoms with Crippen LogP contribution in [-0.2, 0) is 0 Å². The number of rotatable bonds is 5. The lowest BCUT2D eigenvalue weighted by Crippen LogP contribution is -1.87. The Balaban J connectivity index is 0. The SMILES string of the molecule is C/C=C\C/C(C)=C\N=C(C)CCC.CC. The minimum absolute atomic E-state index is 1.01. The van der Waals surface area contributed by atoms with Crippen LogP contribution >= 0.6 is 0 Å². The van der Waals surface area contributed by atoms with E-state index in [4.69, 9.17) is 0 Å². The molecule has 0 aliphatic carbocycles. The fourth-order valence-electron chi connectivity index (χ4n) is 1.00. The van der Waals surface area contributed by atoms with Crippen molar-refractivity contribution in [1.29, 1.82) is 0 Å². The molecule has 0 rings (SSSR count). The number of nitrogens with zero attached hydrogens (tertiary/aromatic N) is 1. The van der Waals surface area contributed by atoms with Crippen LogP contribution in [0.4, 0.5) is 0 Å². The summed E-state index contributed by atoms with van der Waals surface area (Å²) >= 11 is 0. The highest BCUT2D eigenvalue weighted by molar-refractivity contribution is 5.82. The van der Waals surface area contributed by atoms with E-state index in [1.54, 1.807) is 0 Å². The van der Waals surface area contributed by atoms with E-state index in [1.165, 1.54) is 17.7 Å². The first kappa shape index (κ1) is 16.6. The average Bonchev–Trinajstić information content (AvgIpc) is 2.26. The van der Waals surface area contributed by atoms with Crippen LogP contribution in [0.2, 0.25) is 0 Å². The van der Waals surface area contributed by atoms with E-state index in [1.807, 2.05) is 27.0 Å². The number of allylic oxidation sites excluding steroid dienone is 3. The molecule has 88 valence electrons. The molecule has 0 fully saturated rings. The number of aliphatic imine (C=N–C) groups is 1. The van der Waals surface area contributed by atoms with Gasteiger partial charge in [-0.25, -0.2) is 0 Å². The van der Waals surface area contributed by atoms with Crippen LogP contribution in [0.15, 0.2) is 28.9 Å². The minimum atomic E-state index is 1.01. The Hall–Kier alpha value is -0.850. The third-order valence-electron chi connectivity index (χ3n) is 1.79. The van der Waals surface area contributed by atoms with Crippen molar-refractivity contribution in [2.75, 3.05) is 0 Å². The molecular weight excluding hydrogens is 182 g/mol. The Labute approximate surface area is 96.0 Å². The van der Waals surface area contributed by atoms with E-state index in [0.29, 0.717) is 0 Å². The normalized spacial score (nSPS) is 12.7. The highest BCUT2D eigenvalue weighted by atomic mass is 14.7. The lowest BCUT2D eigenvalue weighted by Gasteiger charge is -1.95. The van der Waals surface area contributed by atoms with Crippen molar-refractivity contribution < 1.29 is 0 Å². The smallest absolute Gasteiger partial charge is 0.0259 e. The first-order chi connectivity index (χ1) is 7.20. The Kier molecular flexibility index (Phi) is 14.5. The molecule has 0 saturated carbocycles. The van der Waals surface area contributed by atoms with Gasteiger partial charge in [0.2, 0.25) is 0 Å². The molecule has 1 heteroatoms. The quantitative estimate of drug-likeness (QED) is 0.439. The Bertz CT molecular complexity index is 209. The summed E-state index contributed by atoms with van der Waals surface area (Å²) < 4.78 is 0. The zero-order chi connectivity index (χ0) is 12.1. The summed E-state index contributed by atoms with van der Waals surface area (Å²) in [5.74, 6) is 0. The van der Waals surface area contributed by atoms with Gasteiger partial charge in [0.15, 0.2) is 0 Å². The van der Waals surface area contributed by atoms with E-state index in [2.05, 4.69) is 37.9 Å². The minimum Gasteiger partial charge on any atom is -0.266 e. The predicted molar refractivity (Wildman–Crippen MR) is 72.6 cm³/mol. The van der Waals surface area contributed by atoms with Gasteiger partial charge in [0.05, 0.1) is 0 Å². The van der Waals surface area contributed by atoms with Crippen LogP contribution < -0.4 is 0 Å². The number of hydrogen-bond donors (Lipinski definition) is 0. The zero-order valence-electron chi connectivity index (χ0n) is 11.3. The van der Waals surface area contributed by atoms with Crippen molar-refractivity contribution in [3.63, 3.8) is 0 Å². The van der Waals surface area contributed by atoms with Gasteiger partial charge >= 0.3 is 0 Å². The predicted octanol–water partition coefficient (Wildman–Crippen LogP) is 5.14. The first-order valence-electron chi connectivity index (χ1n) is 6.00. The molecule has 0 aromatic carbocycles. The van der Waals surface area contributed by atoms with Crippen molar-refractivity contribution in [3.8, 4) is 0 Å². The van der Waals surface area contributed by atoms with Crippen molar-refractivity contribution >= 4 is 5.71 Å². The summed E-state index contributed by atoms with van der Waals surface area (Å²) in [6.07, 6.45) is 9.49. The molecule has 1 nitrogen and oxygen atoms in total. The van der Waals surface area contributed by atoms with E-state index in [-0.39, 0.29) is 0 Å². The zero-order valence-corrected chi connectivity index (χ0v) is 11.3. The Morgan fingerprint density at radius 1 is 1.20 bits per heavy atom. The molecule has 0 bridgehead atoms. The van der Waals surface area contributed by atoms with Gasteiger partial charge in [-0.2, -0.15) is 0 Å². The molecule has 0 aromatic heterocycles. The van der Waals surface area contributed by atoms with Crippen LogP contribution in [0.5, 0.6) is 0 Å². The van der Waals surface area contributed by atoms with Gasteiger partial charge in [-0.05, 0) is 33.6 Å². The first-order valence-corrected chi connectivity index (χ1v) is 6.00. The largest absolute Gasteiger partial charge is 0.266 e. The molecule has 0 amide bonds. The van der Waals surface area contributed by atoms with Crippen molar-refractivity contribution in [2.24, 2.45) is 4.99 Å². The second-order valence-electron chi connectivity index (χ2n) is 3.36. The second kappa shape index (κ2) is 13.2. The van der Waals surface area contributed by atoms with Crippen LogP contribution in [0.3, 0.4) is 0 Å². The van der Waals surface area contributed by atoms with Crippen LogP contribution in [0.25, 0.3) is 0 Å². The maximum Gasteiger partial charge on any atom is 0.0259 e.